The van der Waals surface area contributed by atoms with E-state index in [0.29, 0.717) is 12.8 Å². The van der Waals surface area contributed by atoms with E-state index in [4.69, 9.17) is 9.47 Å². The van der Waals surface area contributed by atoms with Crippen molar-refractivity contribution in [1.82, 2.24) is 4.90 Å². The van der Waals surface area contributed by atoms with Crippen molar-refractivity contribution in [2.24, 2.45) is 0 Å². The Kier molecular flexibility index (Phi) is 5.03. The summed E-state index contributed by atoms with van der Waals surface area (Å²) in [6.45, 7) is 10.6. The number of esters is 1. The Balaban J connectivity index is 2.94. The smallest absolute Gasteiger partial charge is 0.411 e. The number of nitrogens with zero attached hydrogens (tertiary/aromatic N) is 1. The quantitative estimate of drug-likeness (QED) is 0.636. The van der Waals surface area contributed by atoms with Crippen LogP contribution in [0.4, 0.5) is 4.79 Å². The molecule has 1 amide bonds. The summed E-state index contributed by atoms with van der Waals surface area (Å²) in [7, 11) is 0. The Labute approximate surface area is 119 Å². The third-order valence-electron chi connectivity index (χ3n) is 2.93. The van der Waals surface area contributed by atoms with Crippen molar-refractivity contribution in [1.29, 1.82) is 0 Å². The van der Waals surface area contributed by atoms with Gasteiger partial charge in [-0.25, -0.2) is 9.59 Å². The van der Waals surface area contributed by atoms with Crippen molar-refractivity contribution in [3.05, 3.63) is 12.3 Å². The van der Waals surface area contributed by atoms with Crippen LogP contribution in [0.15, 0.2) is 12.3 Å². The van der Waals surface area contributed by atoms with E-state index in [-0.39, 0.29) is 12.4 Å². The number of ether oxygens (including phenoxy) is 2. The highest BCUT2D eigenvalue weighted by molar-refractivity contribution is 5.82. The fourth-order valence-corrected chi connectivity index (χ4v) is 2.18. The van der Waals surface area contributed by atoms with Gasteiger partial charge in [0.25, 0.3) is 0 Å². The molecule has 1 aliphatic heterocycles. The highest BCUT2D eigenvalue weighted by Crippen LogP contribution is 2.30. The topological polar surface area (TPSA) is 76.1 Å². The van der Waals surface area contributed by atoms with Crippen LogP contribution < -0.4 is 0 Å². The zero-order chi connectivity index (χ0) is 15.5. The Morgan fingerprint density at radius 1 is 1.30 bits per heavy atom. The lowest BCUT2D eigenvalue weighted by Crippen LogP contribution is -2.48. The van der Waals surface area contributed by atoms with Crippen molar-refractivity contribution in [2.75, 3.05) is 6.61 Å². The van der Waals surface area contributed by atoms with Gasteiger partial charge >= 0.3 is 12.1 Å². The summed E-state index contributed by atoms with van der Waals surface area (Å²) in [4.78, 5) is 25.4. The number of carbonyl (C=O) groups is 2. The van der Waals surface area contributed by atoms with E-state index in [2.05, 4.69) is 6.58 Å². The van der Waals surface area contributed by atoms with Gasteiger partial charge in [-0.05, 0) is 40.5 Å². The largest absolute Gasteiger partial charge is 0.511 e. The van der Waals surface area contributed by atoms with E-state index in [9.17, 15) is 14.7 Å². The number of amides is 1. The number of likely N-dealkylation sites (tertiary alicyclic amines) is 1. The maximum atomic E-state index is 12.2. The molecule has 0 saturated carbocycles. The minimum absolute atomic E-state index is 0.150. The average molecular weight is 285 g/mol. The molecule has 0 spiro atoms. The molecular formula is C14H23NO5. The van der Waals surface area contributed by atoms with Crippen molar-refractivity contribution >= 4 is 12.1 Å². The van der Waals surface area contributed by atoms with Crippen molar-refractivity contribution in [3.63, 3.8) is 0 Å². The minimum atomic E-state index is -0.737. The summed E-state index contributed by atoms with van der Waals surface area (Å²) in [6, 6.07) is -1.35. The lowest BCUT2D eigenvalue weighted by atomic mass is 10.2. The summed E-state index contributed by atoms with van der Waals surface area (Å²) in [5.41, 5.74) is -0.680. The fraction of sp³-hybridized carbons (Fsp3) is 0.714. The fourth-order valence-electron chi connectivity index (χ4n) is 2.18. The highest BCUT2D eigenvalue weighted by atomic mass is 16.6. The molecule has 0 aromatic heterocycles. The molecule has 1 heterocycles. The molecule has 0 aromatic rings. The van der Waals surface area contributed by atoms with Crippen LogP contribution in [0.25, 0.3) is 0 Å². The third kappa shape index (κ3) is 3.88. The summed E-state index contributed by atoms with van der Waals surface area (Å²) >= 11 is 0. The average Bonchev–Trinajstić information content (AvgIpc) is 2.71. The summed E-state index contributed by atoms with van der Waals surface area (Å²) in [5.74, 6) is -0.634. The van der Waals surface area contributed by atoms with Crippen LogP contribution >= 0.6 is 0 Å². The third-order valence-corrected chi connectivity index (χ3v) is 2.93. The van der Waals surface area contributed by atoms with Gasteiger partial charge in [0.2, 0.25) is 0 Å². The Hall–Kier alpha value is -1.72. The second-order valence-electron chi connectivity index (χ2n) is 5.74. The SMILES string of the molecule is C=C(O)[C@H]1CC[C@@H](C(=O)OCC)N1C(=O)OC(C)(C)C. The molecule has 20 heavy (non-hydrogen) atoms. The van der Waals surface area contributed by atoms with Crippen molar-refractivity contribution in [3.8, 4) is 0 Å². The Bertz CT molecular complexity index is 399. The molecule has 114 valence electrons. The van der Waals surface area contributed by atoms with Crippen LogP contribution in [0, 0.1) is 0 Å². The van der Waals surface area contributed by atoms with Gasteiger partial charge in [-0.2, -0.15) is 0 Å². The Morgan fingerprint density at radius 3 is 2.30 bits per heavy atom. The molecule has 0 bridgehead atoms. The predicted octanol–water partition coefficient (Wildman–Crippen LogP) is 2.39. The van der Waals surface area contributed by atoms with Crippen molar-refractivity contribution in [2.45, 2.75) is 58.2 Å². The predicted molar refractivity (Wildman–Crippen MR) is 73.3 cm³/mol. The van der Waals surface area contributed by atoms with Crippen LogP contribution in [-0.4, -0.2) is 46.4 Å². The van der Waals surface area contributed by atoms with E-state index in [0.717, 1.165) is 0 Å². The van der Waals surface area contributed by atoms with Gasteiger partial charge in [0.15, 0.2) is 0 Å². The van der Waals surface area contributed by atoms with E-state index in [1.165, 1.54) is 4.90 Å². The summed E-state index contributed by atoms with van der Waals surface area (Å²) in [5, 5.41) is 9.60. The Morgan fingerprint density at radius 2 is 1.85 bits per heavy atom. The first-order valence-corrected chi connectivity index (χ1v) is 6.73. The van der Waals surface area contributed by atoms with Gasteiger partial charge in [-0.3, -0.25) is 4.90 Å². The van der Waals surface area contributed by atoms with Crippen LogP contribution in [0.1, 0.15) is 40.5 Å². The second-order valence-corrected chi connectivity index (χ2v) is 5.74. The lowest BCUT2D eigenvalue weighted by Gasteiger charge is -2.31. The van der Waals surface area contributed by atoms with Gasteiger partial charge in [0, 0.05) is 0 Å². The molecule has 6 nitrogen and oxygen atoms in total. The number of carbonyl (C=O) groups excluding carboxylic acids is 2. The monoisotopic (exact) mass is 285 g/mol. The molecule has 0 unspecified atom stereocenters. The molecule has 1 aliphatic rings. The first-order valence-electron chi connectivity index (χ1n) is 6.73. The molecule has 0 aliphatic carbocycles. The lowest BCUT2D eigenvalue weighted by molar-refractivity contribution is -0.148. The van der Waals surface area contributed by atoms with E-state index in [1.54, 1.807) is 27.7 Å². The number of hydrogen-bond acceptors (Lipinski definition) is 5. The van der Waals surface area contributed by atoms with Gasteiger partial charge in [0.05, 0.1) is 12.6 Å². The van der Waals surface area contributed by atoms with Crippen LogP contribution in [0.5, 0.6) is 0 Å². The number of rotatable bonds is 3. The van der Waals surface area contributed by atoms with E-state index >= 15 is 0 Å². The van der Waals surface area contributed by atoms with E-state index < -0.39 is 29.7 Å². The summed E-state index contributed by atoms with van der Waals surface area (Å²) < 4.78 is 10.3. The molecule has 2 atom stereocenters. The van der Waals surface area contributed by atoms with Gasteiger partial charge < -0.3 is 14.6 Å². The highest BCUT2D eigenvalue weighted by Gasteiger charge is 2.44. The summed E-state index contributed by atoms with van der Waals surface area (Å²) in [6.07, 6.45) is 0.230. The zero-order valence-corrected chi connectivity index (χ0v) is 12.5. The maximum Gasteiger partial charge on any atom is 0.411 e. The first kappa shape index (κ1) is 16.3. The first-order chi connectivity index (χ1) is 9.17. The van der Waals surface area contributed by atoms with Gasteiger partial charge in [-0.15, -0.1) is 0 Å². The zero-order valence-electron chi connectivity index (χ0n) is 12.5. The van der Waals surface area contributed by atoms with Crippen LogP contribution in [0.2, 0.25) is 0 Å². The molecule has 0 aromatic carbocycles. The second kappa shape index (κ2) is 6.15. The standard InChI is InChI=1S/C14H23NO5/c1-6-19-12(17)11-8-7-10(9(2)16)15(11)13(18)20-14(3,4)5/h10-11,16H,2,6-8H2,1,3-5H3/t10-,11+/m1/s1. The van der Waals surface area contributed by atoms with Crippen LogP contribution in [-0.2, 0) is 14.3 Å². The molecule has 1 N–H and O–H groups in total. The molecule has 0 radical (unpaired) electrons. The van der Waals surface area contributed by atoms with Crippen LogP contribution in [0.3, 0.4) is 0 Å². The molecule has 1 saturated heterocycles. The van der Waals surface area contributed by atoms with Gasteiger partial charge in [-0.1, -0.05) is 6.58 Å². The van der Waals surface area contributed by atoms with Gasteiger partial charge in [0.1, 0.15) is 17.4 Å². The number of aliphatic hydroxyl groups is 1. The normalized spacial score (nSPS) is 22.5. The number of aliphatic hydroxyl groups excluding tert-OH is 1. The maximum absolute atomic E-state index is 12.2. The molecular weight excluding hydrogens is 262 g/mol. The molecule has 6 heteroatoms. The minimum Gasteiger partial charge on any atom is -0.511 e. The molecule has 1 fully saturated rings. The number of hydrogen-bond donors (Lipinski definition) is 1. The van der Waals surface area contributed by atoms with Crippen molar-refractivity contribution < 1.29 is 24.2 Å². The van der Waals surface area contributed by atoms with E-state index in [1.807, 2.05) is 0 Å². The molecule has 1 rings (SSSR count).